The van der Waals surface area contributed by atoms with Crippen LogP contribution in [-0.4, -0.2) is 122 Å². The molecule has 2 fully saturated rings. The maximum absolute atomic E-state index is 14.0. The van der Waals surface area contributed by atoms with E-state index in [2.05, 4.69) is 19.2 Å². The quantitative estimate of drug-likeness (QED) is 0.191. The zero-order valence-electron chi connectivity index (χ0n) is 32.8. The number of ketones is 1. The highest BCUT2D eigenvalue weighted by Gasteiger charge is 2.45. The molecule has 2 aliphatic heterocycles. The summed E-state index contributed by atoms with van der Waals surface area (Å²) in [6.07, 6.45) is 2.09. The number of carbonyl (C=O) groups excluding carboxylic acids is 4. The van der Waals surface area contributed by atoms with Gasteiger partial charge in [0.2, 0.25) is 17.7 Å². The van der Waals surface area contributed by atoms with Crippen LogP contribution in [0.5, 0.6) is 0 Å². The number of carboxylic acids is 1. The Morgan fingerprint density at radius 1 is 1.06 bits per heavy atom. The molecule has 3 rings (SSSR count). The van der Waals surface area contributed by atoms with Crippen molar-refractivity contribution < 1.29 is 43.3 Å². The Morgan fingerprint density at radius 3 is 2.17 bits per heavy atom. The van der Waals surface area contributed by atoms with Gasteiger partial charge in [0.25, 0.3) is 5.97 Å². The molecule has 4 N–H and O–H groups in total. The van der Waals surface area contributed by atoms with E-state index in [1.54, 1.807) is 26.2 Å². The van der Waals surface area contributed by atoms with Crippen LogP contribution in [0, 0.1) is 23.7 Å². The first-order chi connectivity index (χ1) is 24.5. The molecule has 7 atom stereocenters. The lowest BCUT2D eigenvalue weighted by molar-refractivity contribution is -0.151. The molecule has 294 valence electrons. The minimum Gasteiger partial charge on any atom is -0.481 e. The molecule has 13 heteroatoms. The number of nitrogens with two attached hydrogens (primary N) is 1. The van der Waals surface area contributed by atoms with Crippen LogP contribution in [0.4, 0.5) is 0 Å². The fraction of sp³-hybridized carbons (Fsp3) is 0.718. The van der Waals surface area contributed by atoms with Gasteiger partial charge in [0.05, 0.1) is 49.8 Å². The average Bonchev–Trinajstić information content (AvgIpc) is 3.58. The molecule has 0 radical (unpaired) electrons. The van der Waals surface area contributed by atoms with Crippen molar-refractivity contribution in [3.63, 3.8) is 0 Å². The molecule has 2 saturated heterocycles. The molecule has 3 amide bonds. The van der Waals surface area contributed by atoms with Gasteiger partial charge in [-0.2, -0.15) is 0 Å². The molecule has 52 heavy (non-hydrogen) atoms. The molecular weight excluding hydrogens is 668 g/mol. The smallest absolute Gasteiger partial charge is 0.300 e. The van der Waals surface area contributed by atoms with Gasteiger partial charge in [-0.1, -0.05) is 71.4 Å². The highest BCUT2D eigenvalue weighted by Crippen LogP contribution is 2.31. The number of hydrogen-bond acceptors (Lipinski definition) is 9. The van der Waals surface area contributed by atoms with Crippen molar-refractivity contribution in [3.8, 4) is 0 Å². The molecule has 2 aliphatic rings. The van der Waals surface area contributed by atoms with Gasteiger partial charge >= 0.3 is 0 Å². The van der Waals surface area contributed by atoms with Crippen LogP contribution in [0.2, 0.25) is 0 Å². The maximum atomic E-state index is 14.0. The van der Waals surface area contributed by atoms with E-state index in [1.807, 2.05) is 56.0 Å². The first-order valence-corrected chi connectivity index (χ1v) is 18.6. The Kier molecular flexibility index (Phi) is 18.4. The highest BCUT2D eigenvalue weighted by molar-refractivity contribution is 5.93. The molecule has 0 unspecified atom stereocenters. The number of likely N-dealkylation sites (N-methyl/N-ethyl adjacent to an activating group) is 1. The number of likely N-dealkylation sites (tertiary alicyclic amines) is 1. The third-order valence-electron chi connectivity index (χ3n) is 10.6. The van der Waals surface area contributed by atoms with Gasteiger partial charge in [0.1, 0.15) is 5.54 Å². The van der Waals surface area contributed by atoms with Crippen LogP contribution in [0.1, 0.15) is 79.2 Å². The van der Waals surface area contributed by atoms with Crippen molar-refractivity contribution in [3.05, 3.63) is 35.9 Å². The van der Waals surface area contributed by atoms with E-state index >= 15 is 0 Å². The van der Waals surface area contributed by atoms with Crippen LogP contribution in [0.15, 0.2) is 30.3 Å². The number of rotatable bonds is 19. The van der Waals surface area contributed by atoms with Crippen molar-refractivity contribution in [1.29, 1.82) is 0 Å². The normalized spacial score (nSPS) is 19.9. The number of aliphatic carboxylic acids is 1. The molecular formula is C39H64N4O9. The Bertz CT molecular complexity index is 1300. The van der Waals surface area contributed by atoms with Gasteiger partial charge in [0.15, 0.2) is 5.78 Å². The summed E-state index contributed by atoms with van der Waals surface area (Å²) in [7, 11) is 4.92. The molecule has 2 heterocycles. The number of carboxylic acid groups (broad SMARTS) is 1. The van der Waals surface area contributed by atoms with Crippen LogP contribution in [0.3, 0.4) is 0 Å². The molecule has 1 aromatic rings. The first-order valence-electron chi connectivity index (χ1n) is 18.6. The second-order valence-electron chi connectivity index (χ2n) is 14.8. The Balaban J connectivity index is 0.00000222. The summed E-state index contributed by atoms with van der Waals surface area (Å²) in [6, 6.07) is 9.34. The number of carbonyl (C=O) groups is 5. The fourth-order valence-electron chi connectivity index (χ4n) is 7.20. The molecule has 1 aromatic carbocycles. The zero-order chi connectivity index (χ0) is 39.2. The van der Waals surface area contributed by atoms with Gasteiger partial charge in [-0.25, -0.2) is 0 Å². The predicted octanol–water partition coefficient (Wildman–Crippen LogP) is 3.32. The van der Waals surface area contributed by atoms with Crippen molar-refractivity contribution in [1.82, 2.24) is 15.1 Å². The molecule has 0 spiro atoms. The van der Waals surface area contributed by atoms with Crippen molar-refractivity contribution >= 4 is 29.5 Å². The van der Waals surface area contributed by atoms with E-state index in [0.29, 0.717) is 13.1 Å². The Labute approximate surface area is 310 Å². The first kappa shape index (κ1) is 44.8. The zero-order valence-corrected chi connectivity index (χ0v) is 32.8. The summed E-state index contributed by atoms with van der Waals surface area (Å²) < 4.78 is 17.1. The number of nitrogens with one attached hydrogen (secondary N) is 1. The van der Waals surface area contributed by atoms with E-state index in [1.165, 1.54) is 0 Å². The standard InChI is InChI=1S/C37H60N4O7.C2H4O2/c1-9-25(4)33(40(6)36(45)28(24(2)3)20-31(42)37(38)22-48-23-37)30(46-7)21-32(43)41-19-13-16-29(41)34(47-8)26(5)35(44)39-18-17-27-14-11-10-12-15-27;1-2(3)4/h10-12,14-15,24-26,28-30,33-34H,9,13,16-23,38H2,1-8H3,(H,39,44);1H3,(H,3,4)/t25-,26+,28-,29-,30+,33-,34+;/m0./s1. The second kappa shape index (κ2) is 21.3. The van der Waals surface area contributed by atoms with E-state index in [-0.39, 0.29) is 67.4 Å². The summed E-state index contributed by atoms with van der Waals surface area (Å²) in [5, 5.41) is 10.5. The number of benzene rings is 1. The summed E-state index contributed by atoms with van der Waals surface area (Å²) >= 11 is 0. The number of amides is 3. The summed E-state index contributed by atoms with van der Waals surface area (Å²) in [4.78, 5) is 66.8. The summed E-state index contributed by atoms with van der Waals surface area (Å²) in [5.41, 5.74) is 6.33. The summed E-state index contributed by atoms with van der Waals surface area (Å²) in [5.74, 6) is -2.46. The lowest BCUT2D eigenvalue weighted by atomic mass is 9.81. The van der Waals surface area contributed by atoms with Crippen LogP contribution < -0.4 is 11.1 Å². The Morgan fingerprint density at radius 2 is 1.67 bits per heavy atom. The third-order valence-corrected chi connectivity index (χ3v) is 10.6. The van der Waals surface area contributed by atoms with Crippen LogP contribution >= 0.6 is 0 Å². The molecule has 0 saturated carbocycles. The lowest BCUT2D eigenvalue weighted by Gasteiger charge is -2.41. The Hall–Kier alpha value is -3.39. The van der Waals surface area contributed by atoms with Gasteiger partial charge in [-0.05, 0) is 36.7 Å². The summed E-state index contributed by atoms with van der Waals surface area (Å²) in [6.45, 7) is 12.3. The number of hydrogen-bond donors (Lipinski definition) is 3. The topological polar surface area (TPSA) is 178 Å². The SMILES string of the molecule is CC(=O)O.CC[C@H](C)[C@@H]([C@@H](CC(=O)N1CCC[C@H]1[C@H](OC)[C@@H](C)C(=O)NCCc1ccccc1)OC)N(C)C(=O)[C@@H](CC(=O)C1(N)COC1)C(C)C. The minimum absolute atomic E-state index is 0.0156. The molecule has 13 nitrogen and oxygen atoms in total. The van der Waals surface area contributed by atoms with Crippen molar-refractivity contribution in [2.45, 2.75) is 110 Å². The molecule has 0 aromatic heterocycles. The number of ether oxygens (including phenoxy) is 3. The maximum Gasteiger partial charge on any atom is 0.300 e. The lowest BCUT2D eigenvalue weighted by Crippen LogP contribution is -2.63. The van der Waals surface area contributed by atoms with Crippen LogP contribution in [-0.2, 0) is 44.6 Å². The van der Waals surface area contributed by atoms with Crippen LogP contribution in [0.25, 0.3) is 0 Å². The van der Waals surface area contributed by atoms with E-state index < -0.39 is 41.6 Å². The number of Topliss-reactive ketones (excluding diaryl/α,β-unsaturated/α-hetero) is 1. The van der Waals surface area contributed by atoms with Gasteiger partial charge < -0.3 is 40.2 Å². The fourth-order valence-corrected chi connectivity index (χ4v) is 7.20. The van der Waals surface area contributed by atoms with E-state index in [0.717, 1.165) is 38.2 Å². The predicted molar refractivity (Wildman–Crippen MR) is 198 cm³/mol. The molecule has 0 bridgehead atoms. The minimum atomic E-state index is -1.03. The van der Waals surface area contributed by atoms with Gasteiger partial charge in [-0.3, -0.25) is 24.0 Å². The number of nitrogens with zero attached hydrogens (tertiary/aromatic N) is 2. The average molecular weight is 733 g/mol. The number of methoxy groups -OCH3 is 2. The monoisotopic (exact) mass is 732 g/mol. The highest BCUT2D eigenvalue weighted by atomic mass is 16.5. The van der Waals surface area contributed by atoms with Gasteiger partial charge in [0, 0.05) is 53.6 Å². The molecule has 0 aliphatic carbocycles. The van der Waals surface area contributed by atoms with E-state index in [9.17, 15) is 19.2 Å². The van der Waals surface area contributed by atoms with E-state index in [4.69, 9.17) is 29.8 Å². The van der Waals surface area contributed by atoms with Crippen molar-refractivity contribution in [2.75, 3.05) is 47.6 Å². The third kappa shape index (κ3) is 12.3. The van der Waals surface area contributed by atoms with Gasteiger partial charge in [-0.15, -0.1) is 0 Å². The largest absolute Gasteiger partial charge is 0.481 e. The van der Waals surface area contributed by atoms with Crippen molar-refractivity contribution in [2.24, 2.45) is 29.4 Å². The second-order valence-corrected chi connectivity index (χ2v) is 14.8.